The summed E-state index contributed by atoms with van der Waals surface area (Å²) in [5, 5.41) is 23.3. The number of aliphatic hydroxyl groups is 1. The lowest BCUT2D eigenvalue weighted by molar-refractivity contribution is -0.0121. The second kappa shape index (κ2) is 11.1. The third kappa shape index (κ3) is 6.13. The van der Waals surface area contributed by atoms with Gasteiger partial charge in [-0.15, -0.1) is 0 Å². The van der Waals surface area contributed by atoms with Crippen molar-refractivity contribution >= 4 is 23.2 Å². The molecule has 5 rings (SSSR count). The summed E-state index contributed by atoms with van der Waals surface area (Å²) in [7, 11) is 0. The molecule has 2 aliphatic carbocycles. The van der Waals surface area contributed by atoms with Crippen molar-refractivity contribution in [3.8, 4) is 17.3 Å². The summed E-state index contributed by atoms with van der Waals surface area (Å²) in [5.41, 5.74) is 3.01. The molecule has 0 radical (unpaired) electrons. The Morgan fingerprint density at radius 1 is 1.03 bits per heavy atom. The Kier molecular flexibility index (Phi) is 8.00. The minimum atomic E-state index is -0.185. The van der Waals surface area contributed by atoms with Crippen LogP contribution in [0.15, 0.2) is 47.2 Å². The van der Waals surface area contributed by atoms with Gasteiger partial charge < -0.3 is 14.4 Å². The maximum Gasteiger partial charge on any atom is 0.145 e. The minimum absolute atomic E-state index is 0.167. The summed E-state index contributed by atoms with van der Waals surface area (Å²) in [4.78, 5) is 3.74. The number of halogens is 2. The van der Waals surface area contributed by atoms with Crippen LogP contribution >= 0.6 is 23.2 Å². The number of hydrogen-bond donors (Lipinski definition) is 1. The summed E-state index contributed by atoms with van der Waals surface area (Å²) in [6.45, 7) is 0.437. The lowest BCUT2D eigenvalue weighted by Gasteiger charge is -2.25. The molecule has 0 spiro atoms. The molecule has 8 heteroatoms. The van der Waals surface area contributed by atoms with Crippen LogP contribution in [0.3, 0.4) is 0 Å². The summed E-state index contributed by atoms with van der Waals surface area (Å²) in [6, 6.07) is 10.8. The van der Waals surface area contributed by atoms with E-state index in [4.69, 9.17) is 37.7 Å². The third-order valence-corrected chi connectivity index (χ3v) is 6.51. The number of hydrogen-bond acceptors (Lipinski definition) is 6. The van der Waals surface area contributed by atoms with Gasteiger partial charge in [0.05, 0.1) is 40.5 Å². The van der Waals surface area contributed by atoms with Crippen LogP contribution < -0.4 is 0 Å². The monoisotopic (exact) mass is 485 g/mol. The van der Waals surface area contributed by atoms with Gasteiger partial charge in [-0.2, -0.15) is 5.26 Å². The Balaban J connectivity index is 0.000000275. The Morgan fingerprint density at radius 2 is 1.70 bits per heavy atom. The van der Waals surface area contributed by atoms with Crippen molar-refractivity contribution in [2.24, 2.45) is 0 Å². The van der Waals surface area contributed by atoms with Crippen LogP contribution in [0.5, 0.6) is 0 Å². The van der Waals surface area contributed by atoms with E-state index in [-0.39, 0.29) is 12.2 Å². The highest BCUT2D eigenvalue weighted by atomic mass is 35.5. The molecule has 0 saturated heterocycles. The zero-order valence-electron chi connectivity index (χ0n) is 18.1. The molecule has 0 amide bonds. The standard InChI is InChI=1S/C19H21Cl2NO3.C6H4N2/c20-15-2-1-3-16(21)17(15)18-14(19(25-22-18)11-4-5-11)10-24-13-8-6-12(23)7-9-13;7-5-6-1-3-8-4-2-6/h1-3,11-13,23H,4-10H2;1-4H. The van der Waals surface area contributed by atoms with E-state index in [1.165, 1.54) is 0 Å². The number of rotatable bonds is 5. The Bertz CT molecular complexity index is 1080. The predicted octanol–water partition coefficient (Wildman–Crippen LogP) is 6.30. The quantitative estimate of drug-likeness (QED) is 0.455. The highest BCUT2D eigenvalue weighted by Gasteiger charge is 2.34. The van der Waals surface area contributed by atoms with Gasteiger partial charge in [0.1, 0.15) is 11.5 Å². The Labute approximate surface area is 203 Å². The fourth-order valence-corrected chi connectivity index (χ4v) is 4.46. The lowest BCUT2D eigenvalue weighted by Crippen LogP contribution is -2.24. The van der Waals surface area contributed by atoms with Crippen molar-refractivity contribution in [1.29, 1.82) is 5.26 Å². The number of pyridine rings is 1. The van der Waals surface area contributed by atoms with E-state index in [2.05, 4.69) is 10.1 Å². The average Bonchev–Trinajstić information content (AvgIpc) is 3.60. The van der Waals surface area contributed by atoms with E-state index in [1.807, 2.05) is 12.1 Å². The van der Waals surface area contributed by atoms with Crippen molar-refractivity contribution in [1.82, 2.24) is 10.1 Å². The van der Waals surface area contributed by atoms with Crippen LogP contribution in [-0.2, 0) is 11.3 Å². The molecule has 172 valence electrons. The van der Waals surface area contributed by atoms with Crippen molar-refractivity contribution < 1.29 is 14.4 Å². The van der Waals surface area contributed by atoms with Crippen LogP contribution in [0.4, 0.5) is 0 Å². The minimum Gasteiger partial charge on any atom is -0.393 e. The SMILES string of the molecule is N#Cc1ccncc1.OC1CCC(OCc2c(-c3c(Cl)cccc3Cl)noc2C2CC2)CC1. The lowest BCUT2D eigenvalue weighted by atomic mass is 9.95. The molecule has 2 saturated carbocycles. The molecular formula is C25H25Cl2N3O3. The highest BCUT2D eigenvalue weighted by Crippen LogP contribution is 2.46. The molecule has 6 nitrogen and oxygen atoms in total. The van der Waals surface area contributed by atoms with Crippen LogP contribution in [0, 0.1) is 11.3 Å². The molecule has 33 heavy (non-hydrogen) atoms. The summed E-state index contributed by atoms with van der Waals surface area (Å²) in [5.74, 6) is 1.33. The number of aliphatic hydroxyl groups excluding tert-OH is 1. The third-order valence-electron chi connectivity index (χ3n) is 5.88. The number of benzene rings is 1. The maximum absolute atomic E-state index is 9.65. The zero-order valence-corrected chi connectivity index (χ0v) is 19.6. The number of nitriles is 1. The molecule has 1 aromatic carbocycles. The topological polar surface area (TPSA) is 92.2 Å². The molecule has 3 aromatic rings. The van der Waals surface area contributed by atoms with Gasteiger partial charge in [-0.25, -0.2) is 0 Å². The smallest absolute Gasteiger partial charge is 0.145 e. The van der Waals surface area contributed by atoms with Crippen molar-refractivity contribution in [2.75, 3.05) is 0 Å². The van der Waals surface area contributed by atoms with Gasteiger partial charge in [-0.05, 0) is 62.8 Å². The van der Waals surface area contributed by atoms with E-state index in [9.17, 15) is 5.11 Å². The Hall–Kier alpha value is -2.43. The van der Waals surface area contributed by atoms with Gasteiger partial charge in [0.2, 0.25) is 0 Å². The van der Waals surface area contributed by atoms with Gasteiger partial charge in [0, 0.05) is 29.4 Å². The first-order chi connectivity index (χ1) is 16.1. The average molecular weight is 486 g/mol. The molecule has 2 heterocycles. The molecule has 0 atom stereocenters. The van der Waals surface area contributed by atoms with Crippen molar-refractivity contribution in [3.63, 3.8) is 0 Å². The van der Waals surface area contributed by atoms with E-state index >= 15 is 0 Å². The highest BCUT2D eigenvalue weighted by molar-refractivity contribution is 6.39. The number of nitrogens with zero attached hydrogens (tertiary/aromatic N) is 3. The van der Waals surface area contributed by atoms with Gasteiger partial charge in [0.25, 0.3) is 0 Å². The van der Waals surface area contributed by atoms with Crippen LogP contribution in [0.25, 0.3) is 11.3 Å². The second-order valence-electron chi connectivity index (χ2n) is 8.33. The molecular weight excluding hydrogens is 461 g/mol. The maximum atomic E-state index is 9.65. The summed E-state index contributed by atoms with van der Waals surface area (Å²) in [6.07, 6.45) is 8.77. The number of ether oxygens (including phenoxy) is 1. The molecule has 1 N–H and O–H groups in total. The van der Waals surface area contributed by atoms with Crippen LogP contribution in [0.1, 0.15) is 61.3 Å². The molecule has 0 bridgehead atoms. The van der Waals surface area contributed by atoms with Gasteiger partial charge in [0.15, 0.2) is 0 Å². The number of aromatic nitrogens is 2. The second-order valence-corrected chi connectivity index (χ2v) is 9.15. The largest absolute Gasteiger partial charge is 0.393 e. The Morgan fingerprint density at radius 3 is 2.27 bits per heavy atom. The molecule has 0 unspecified atom stereocenters. The fraction of sp³-hybridized carbons (Fsp3) is 0.400. The molecule has 2 aliphatic rings. The van der Waals surface area contributed by atoms with E-state index < -0.39 is 0 Å². The van der Waals surface area contributed by atoms with Gasteiger partial charge >= 0.3 is 0 Å². The molecule has 2 aromatic heterocycles. The van der Waals surface area contributed by atoms with Crippen LogP contribution in [-0.4, -0.2) is 27.5 Å². The summed E-state index contributed by atoms with van der Waals surface area (Å²) < 4.78 is 11.8. The van der Waals surface area contributed by atoms with Gasteiger partial charge in [-0.1, -0.05) is 34.4 Å². The first kappa shape index (κ1) is 23.7. The first-order valence-electron chi connectivity index (χ1n) is 11.1. The van der Waals surface area contributed by atoms with E-state index in [0.717, 1.165) is 49.8 Å². The summed E-state index contributed by atoms with van der Waals surface area (Å²) >= 11 is 12.7. The predicted molar refractivity (Wildman–Crippen MR) is 126 cm³/mol. The van der Waals surface area contributed by atoms with E-state index in [0.29, 0.717) is 39.4 Å². The zero-order chi connectivity index (χ0) is 23.2. The fourth-order valence-electron chi connectivity index (χ4n) is 3.89. The first-order valence-corrected chi connectivity index (χ1v) is 11.8. The molecule has 0 aliphatic heterocycles. The van der Waals surface area contributed by atoms with E-state index in [1.54, 1.807) is 36.7 Å². The van der Waals surface area contributed by atoms with Crippen molar-refractivity contribution in [3.05, 3.63) is 69.7 Å². The van der Waals surface area contributed by atoms with Crippen molar-refractivity contribution in [2.45, 2.75) is 63.3 Å². The van der Waals surface area contributed by atoms with Crippen LogP contribution in [0.2, 0.25) is 10.0 Å². The molecule has 2 fully saturated rings. The normalized spacial score (nSPS) is 19.9. The van der Waals surface area contributed by atoms with Gasteiger partial charge in [-0.3, -0.25) is 4.98 Å².